The third-order valence-corrected chi connectivity index (χ3v) is 6.63. The smallest absolute Gasteiger partial charge is 0.184 e. The van der Waals surface area contributed by atoms with Gasteiger partial charge in [0.15, 0.2) is 5.13 Å². The van der Waals surface area contributed by atoms with Crippen molar-refractivity contribution in [3.63, 3.8) is 0 Å². The number of anilines is 1. The molecule has 2 heterocycles. The Morgan fingerprint density at radius 2 is 1.84 bits per heavy atom. The molecule has 3 aromatic carbocycles. The van der Waals surface area contributed by atoms with Crippen molar-refractivity contribution in [3.8, 4) is 11.5 Å². The van der Waals surface area contributed by atoms with Crippen LogP contribution in [0.1, 0.15) is 17.2 Å². The van der Waals surface area contributed by atoms with Crippen LogP contribution in [0.25, 0.3) is 21.1 Å². The van der Waals surface area contributed by atoms with E-state index in [9.17, 15) is 5.11 Å². The fourth-order valence-electron chi connectivity index (χ4n) is 4.20. The van der Waals surface area contributed by atoms with Gasteiger partial charge in [-0.05, 0) is 41.5 Å². The van der Waals surface area contributed by atoms with E-state index in [-0.39, 0.29) is 6.04 Å². The Kier molecular flexibility index (Phi) is 4.33. The molecule has 5 nitrogen and oxygen atoms in total. The second kappa shape index (κ2) is 7.34. The average Bonchev–Trinajstić information content (AvgIpc) is 3.34. The first-order valence-electron chi connectivity index (χ1n) is 10.2. The lowest BCUT2D eigenvalue weighted by atomic mass is 10.1. The van der Waals surface area contributed by atoms with Crippen molar-refractivity contribution >= 4 is 37.6 Å². The minimum absolute atomic E-state index is 0.143. The van der Waals surface area contributed by atoms with Crippen LogP contribution in [0.5, 0.6) is 11.5 Å². The lowest BCUT2D eigenvalue weighted by Crippen LogP contribution is -2.20. The van der Waals surface area contributed by atoms with E-state index in [4.69, 9.17) is 9.72 Å². The molecule has 0 saturated carbocycles. The van der Waals surface area contributed by atoms with E-state index >= 15 is 0 Å². The van der Waals surface area contributed by atoms with Crippen LogP contribution in [0.4, 0.5) is 5.13 Å². The third kappa shape index (κ3) is 3.30. The predicted octanol–water partition coefficient (Wildman–Crippen LogP) is 5.71. The van der Waals surface area contributed by atoms with Gasteiger partial charge in [-0.3, -0.25) is 4.98 Å². The summed E-state index contributed by atoms with van der Waals surface area (Å²) in [5, 5.41) is 15.7. The van der Waals surface area contributed by atoms with Crippen LogP contribution in [0, 0.1) is 0 Å². The number of aliphatic hydroxyl groups is 1. The van der Waals surface area contributed by atoms with Crippen LogP contribution in [-0.4, -0.2) is 21.2 Å². The van der Waals surface area contributed by atoms with Gasteiger partial charge in [-0.15, -0.1) is 0 Å². The maximum Gasteiger partial charge on any atom is 0.184 e. The van der Waals surface area contributed by atoms with Crippen molar-refractivity contribution in [2.75, 3.05) is 5.32 Å². The molecule has 6 heteroatoms. The Morgan fingerprint density at radius 3 is 2.81 bits per heavy atom. The number of hydrogen-bond donors (Lipinski definition) is 2. The highest BCUT2D eigenvalue weighted by molar-refractivity contribution is 7.22. The number of nitrogens with zero attached hydrogens (tertiary/aromatic N) is 2. The molecule has 152 valence electrons. The SMILES string of the molecule is O[C@H]1Cc2ccccc2[C@H]1Nc1nc2ccc(Oc3ccnc4ccccc34)cc2s1. The standard InChI is InChI=1S/C25H19N3O2S/c29-21-13-15-5-1-2-6-17(15)24(21)28-25-27-20-10-9-16(14-23(20)31-25)30-22-11-12-26-19-8-4-3-7-18(19)22/h1-12,14,21,24,29H,13H2,(H,27,28)/t21-,24+/m0/s1. The zero-order valence-electron chi connectivity index (χ0n) is 16.5. The van der Waals surface area contributed by atoms with E-state index < -0.39 is 6.10 Å². The van der Waals surface area contributed by atoms with Crippen LogP contribution in [-0.2, 0) is 6.42 Å². The molecule has 0 spiro atoms. The maximum absolute atomic E-state index is 10.5. The average molecular weight is 426 g/mol. The quantitative estimate of drug-likeness (QED) is 0.386. The van der Waals surface area contributed by atoms with Crippen LogP contribution in [0.15, 0.2) is 79.0 Å². The number of ether oxygens (including phenoxy) is 1. The van der Waals surface area contributed by atoms with Gasteiger partial charge in [0.2, 0.25) is 0 Å². The van der Waals surface area contributed by atoms with Crippen molar-refractivity contribution in [1.29, 1.82) is 0 Å². The van der Waals surface area contributed by atoms with Gasteiger partial charge in [0.05, 0.1) is 27.9 Å². The van der Waals surface area contributed by atoms with E-state index in [1.807, 2.05) is 60.7 Å². The molecule has 1 aliphatic carbocycles. The third-order valence-electron chi connectivity index (χ3n) is 5.68. The Bertz CT molecular complexity index is 1410. The number of thiazole rings is 1. The van der Waals surface area contributed by atoms with Gasteiger partial charge in [-0.1, -0.05) is 47.7 Å². The molecule has 5 aromatic rings. The summed E-state index contributed by atoms with van der Waals surface area (Å²) in [6.45, 7) is 0. The minimum Gasteiger partial charge on any atom is -0.457 e. The molecule has 2 atom stereocenters. The van der Waals surface area contributed by atoms with Crippen molar-refractivity contribution in [1.82, 2.24) is 9.97 Å². The highest BCUT2D eigenvalue weighted by Gasteiger charge is 2.31. The fraction of sp³-hybridized carbons (Fsp3) is 0.120. The first kappa shape index (κ1) is 18.3. The Morgan fingerprint density at radius 1 is 0.968 bits per heavy atom. The molecule has 1 aliphatic rings. The molecule has 0 fully saturated rings. The first-order valence-corrected chi connectivity index (χ1v) is 11.0. The summed E-state index contributed by atoms with van der Waals surface area (Å²) in [6.07, 6.45) is 1.97. The topological polar surface area (TPSA) is 67.3 Å². The molecule has 0 aliphatic heterocycles. The molecule has 0 saturated heterocycles. The second-order valence-corrected chi connectivity index (χ2v) is 8.70. The molecular weight excluding hydrogens is 406 g/mol. The van der Waals surface area contributed by atoms with Crippen LogP contribution in [0.2, 0.25) is 0 Å². The number of rotatable bonds is 4. The largest absolute Gasteiger partial charge is 0.457 e. The van der Waals surface area contributed by atoms with E-state index in [2.05, 4.69) is 22.4 Å². The molecule has 0 bridgehead atoms. The van der Waals surface area contributed by atoms with Crippen molar-refractivity contribution in [2.45, 2.75) is 18.6 Å². The summed E-state index contributed by atoms with van der Waals surface area (Å²) < 4.78 is 7.21. The molecule has 6 rings (SSSR count). The summed E-state index contributed by atoms with van der Waals surface area (Å²) in [5.74, 6) is 1.53. The number of hydrogen-bond acceptors (Lipinski definition) is 6. The summed E-state index contributed by atoms with van der Waals surface area (Å²) in [5.41, 5.74) is 4.14. The number of aliphatic hydroxyl groups excluding tert-OH is 1. The van der Waals surface area contributed by atoms with Gasteiger partial charge in [-0.2, -0.15) is 0 Å². The zero-order chi connectivity index (χ0) is 20.8. The van der Waals surface area contributed by atoms with E-state index in [0.29, 0.717) is 6.42 Å². The fourth-order valence-corrected chi connectivity index (χ4v) is 5.13. The van der Waals surface area contributed by atoms with Gasteiger partial charge in [-0.25, -0.2) is 4.98 Å². The molecule has 0 radical (unpaired) electrons. The lowest BCUT2D eigenvalue weighted by molar-refractivity contribution is 0.166. The molecular formula is C25H19N3O2S. The molecule has 2 N–H and O–H groups in total. The molecule has 2 aromatic heterocycles. The Labute approximate surface area is 183 Å². The Hall–Kier alpha value is -3.48. The number of pyridine rings is 1. The van der Waals surface area contributed by atoms with Gasteiger partial charge in [0, 0.05) is 24.1 Å². The van der Waals surface area contributed by atoms with Crippen LogP contribution >= 0.6 is 11.3 Å². The molecule has 0 amide bonds. The van der Waals surface area contributed by atoms with Crippen LogP contribution in [0.3, 0.4) is 0 Å². The van der Waals surface area contributed by atoms with Gasteiger partial charge in [0.1, 0.15) is 11.5 Å². The summed E-state index contributed by atoms with van der Waals surface area (Å²) >= 11 is 1.56. The highest BCUT2D eigenvalue weighted by atomic mass is 32.1. The first-order chi connectivity index (χ1) is 15.2. The number of fused-ring (bicyclic) bond motifs is 3. The van der Waals surface area contributed by atoms with E-state index in [0.717, 1.165) is 43.3 Å². The number of benzene rings is 3. The summed E-state index contributed by atoms with van der Waals surface area (Å²) in [6, 6.07) is 23.7. The number of para-hydroxylation sites is 1. The van der Waals surface area contributed by atoms with E-state index in [1.54, 1.807) is 17.5 Å². The number of nitrogens with one attached hydrogen (secondary N) is 1. The maximum atomic E-state index is 10.5. The van der Waals surface area contributed by atoms with Crippen LogP contribution < -0.4 is 10.1 Å². The lowest BCUT2D eigenvalue weighted by Gasteiger charge is -2.16. The normalized spacial score (nSPS) is 17.7. The van der Waals surface area contributed by atoms with Crippen molar-refractivity contribution < 1.29 is 9.84 Å². The monoisotopic (exact) mass is 425 g/mol. The zero-order valence-corrected chi connectivity index (χ0v) is 17.3. The van der Waals surface area contributed by atoms with Gasteiger partial charge < -0.3 is 15.2 Å². The number of aromatic nitrogens is 2. The summed E-state index contributed by atoms with van der Waals surface area (Å²) in [4.78, 5) is 9.10. The minimum atomic E-state index is -0.455. The predicted molar refractivity (Wildman–Crippen MR) is 124 cm³/mol. The van der Waals surface area contributed by atoms with Crippen molar-refractivity contribution in [3.05, 3.63) is 90.1 Å². The molecule has 31 heavy (non-hydrogen) atoms. The van der Waals surface area contributed by atoms with Crippen molar-refractivity contribution in [2.24, 2.45) is 0 Å². The summed E-state index contributed by atoms with van der Waals surface area (Å²) in [7, 11) is 0. The molecule has 0 unspecified atom stereocenters. The van der Waals surface area contributed by atoms with Gasteiger partial charge >= 0.3 is 0 Å². The van der Waals surface area contributed by atoms with Gasteiger partial charge in [0.25, 0.3) is 0 Å². The van der Waals surface area contributed by atoms with E-state index in [1.165, 1.54) is 5.56 Å². The Balaban J connectivity index is 1.29. The highest BCUT2D eigenvalue weighted by Crippen LogP contribution is 2.38. The second-order valence-electron chi connectivity index (χ2n) is 7.67.